The molecule has 20 heteroatoms. The molecule has 77 heavy (non-hydrogen) atoms. The highest BCUT2D eigenvalue weighted by molar-refractivity contribution is 7.13. The maximum Gasteiger partial charge on any atom is 0.246 e. The molecule has 406 valence electrons. The number of nitrogens with zero attached hydrogens (tertiary/aromatic N) is 7. The van der Waals surface area contributed by atoms with Crippen LogP contribution in [0.5, 0.6) is 5.75 Å². The Morgan fingerprint density at radius 1 is 0.974 bits per heavy atom. The van der Waals surface area contributed by atoms with Gasteiger partial charge in [-0.05, 0) is 90.3 Å². The fraction of sp³-hybridized carbons (Fsp3) is 0.404. The van der Waals surface area contributed by atoms with Crippen LogP contribution in [0.15, 0.2) is 84.4 Å². The van der Waals surface area contributed by atoms with Crippen LogP contribution in [0.3, 0.4) is 0 Å². The number of anilines is 2. The molecule has 2 aliphatic heterocycles. The molecule has 0 spiro atoms. The number of amides is 5. The van der Waals surface area contributed by atoms with E-state index in [0.29, 0.717) is 79.5 Å². The molecule has 5 amide bonds. The Morgan fingerprint density at radius 3 is 2.42 bits per heavy atom. The molecule has 8 rings (SSSR count). The number of phenols is 1. The number of aromatic nitrogens is 3. The van der Waals surface area contributed by atoms with Crippen LogP contribution < -0.4 is 20.9 Å². The van der Waals surface area contributed by atoms with Crippen LogP contribution >= 0.6 is 22.9 Å². The van der Waals surface area contributed by atoms with E-state index in [1.807, 2.05) is 93.6 Å². The van der Waals surface area contributed by atoms with Gasteiger partial charge in [0.15, 0.2) is 5.82 Å². The highest BCUT2D eigenvalue weighted by Gasteiger charge is 2.42. The lowest BCUT2D eigenvalue weighted by Crippen LogP contribution is -2.58. The lowest BCUT2D eigenvalue weighted by atomic mass is 9.85. The van der Waals surface area contributed by atoms with Gasteiger partial charge in [0.25, 0.3) is 0 Å². The number of piperazine rings is 1. The number of aromatic hydroxyl groups is 1. The van der Waals surface area contributed by atoms with E-state index in [9.17, 15) is 29.1 Å². The lowest BCUT2D eigenvalue weighted by Gasteiger charge is -2.35. The second-order valence-corrected chi connectivity index (χ2v) is 22.0. The molecule has 4 aromatic carbocycles. The Morgan fingerprint density at radius 2 is 1.71 bits per heavy atom. The minimum Gasteiger partial charge on any atom is -0.508 e. The van der Waals surface area contributed by atoms with E-state index in [1.54, 1.807) is 53.4 Å². The van der Waals surface area contributed by atoms with Gasteiger partial charge < -0.3 is 45.4 Å². The van der Waals surface area contributed by atoms with Crippen LogP contribution in [0.1, 0.15) is 70.7 Å². The number of likely N-dealkylation sites (tertiary alicyclic amines) is 1. The highest BCUT2D eigenvalue weighted by atomic mass is 35.5. The number of benzene rings is 4. The number of hydrogen-bond acceptors (Lipinski definition) is 13. The maximum absolute atomic E-state index is 17.0. The van der Waals surface area contributed by atoms with Gasteiger partial charge in [-0.3, -0.25) is 24.0 Å². The van der Waals surface area contributed by atoms with Crippen molar-refractivity contribution in [1.29, 1.82) is 0 Å². The van der Waals surface area contributed by atoms with Gasteiger partial charge in [0, 0.05) is 70.7 Å². The molecule has 0 aliphatic carbocycles. The number of hydrogen-bond donors (Lipinski definition) is 4. The quantitative estimate of drug-likeness (QED) is 0.0475. The Balaban J connectivity index is 0.838. The van der Waals surface area contributed by atoms with Crippen molar-refractivity contribution in [2.75, 3.05) is 76.8 Å². The average molecular weight is 1090 g/mol. The summed E-state index contributed by atoms with van der Waals surface area (Å²) in [6.07, 6.45) is 4.81. The summed E-state index contributed by atoms with van der Waals surface area (Å²) < 4.78 is 22.7. The summed E-state index contributed by atoms with van der Waals surface area (Å²) in [7, 11) is 3.33. The minimum absolute atomic E-state index is 0.00379. The molecule has 6 aromatic rings. The number of rotatable bonds is 18. The van der Waals surface area contributed by atoms with Crippen LogP contribution in [0.4, 0.5) is 16.2 Å². The molecule has 2 aromatic heterocycles. The number of ether oxygens (including phenoxy) is 1. The third kappa shape index (κ3) is 13.1. The van der Waals surface area contributed by atoms with E-state index in [2.05, 4.69) is 25.9 Å². The van der Waals surface area contributed by atoms with Crippen LogP contribution in [0.2, 0.25) is 5.02 Å². The van der Waals surface area contributed by atoms with Crippen LogP contribution in [-0.2, 0) is 28.7 Å². The number of nitrogens with one attached hydrogen (secondary N) is 3. The van der Waals surface area contributed by atoms with Gasteiger partial charge >= 0.3 is 0 Å². The molecule has 0 radical (unpaired) electrons. The molecule has 4 N–H and O–H groups in total. The zero-order valence-corrected chi connectivity index (χ0v) is 46.1. The topological polar surface area (TPSA) is 203 Å². The third-order valence-corrected chi connectivity index (χ3v) is 15.2. The number of halogens is 2. The van der Waals surface area contributed by atoms with E-state index in [-0.39, 0.29) is 83.7 Å². The Kier molecular flexibility index (Phi) is 17.8. The molecule has 0 bridgehead atoms. The first-order valence-corrected chi connectivity index (χ1v) is 27.1. The predicted octanol–water partition coefficient (Wildman–Crippen LogP) is 8.28. The van der Waals surface area contributed by atoms with Gasteiger partial charge in [-0.2, -0.15) is 4.98 Å². The number of thiazole rings is 1. The summed E-state index contributed by atoms with van der Waals surface area (Å²) >= 11 is 8.49. The molecule has 2 saturated heterocycles. The monoisotopic (exact) mass is 1090 g/mol. The number of aryl methyl sites for hydroxylation is 1. The second kappa shape index (κ2) is 24.4. The first-order valence-electron chi connectivity index (χ1n) is 25.8. The van der Waals surface area contributed by atoms with Crippen molar-refractivity contribution < 1.29 is 38.2 Å². The van der Waals surface area contributed by atoms with Gasteiger partial charge in [-0.1, -0.05) is 87.0 Å². The molecular formula is C57H66ClFN10O7S. The smallest absolute Gasteiger partial charge is 0.246 e. The van der Waals surface area contributed by atoms with E-state index < -0.39 is 29.2 Å². The average Bonchev–Trinajstić information content (AvgIpc) is 4.10. The van der Waals surface area contributed by atoms with E-state index >= 15 is 4.39 Å². The largest absolute Gasteiger partial charge is 0.508 e. The van der Waals surface area contributed by atoms with Crippen molar-refractivity contribution in [3.8, 4) is 27.3 Å². The van der Waals surface area contributed by atoms with Gasteiger partial charge in [0.05, 0.1) is 33.8 Å². The summed E-state index contributed by atoms with van der Waals surface area (Å²) in [4.78, 5) is 88.3. The SMILES string of the molecule is Cc1ncsc1-c1ccc([C@H](C)NC(=O)[C@@H]2CCCN2C(=O)[C@@H](NC(=O)COCC/C=C/C(=O)N2CCN(c3nc(NCCC(=O)N(C)C)nc4c(F)c(-c5cc(O)cc6ccccc56)c(Cl)cc34)CC2)C(C)(C)C)cc1. The first-order chi connectivity index (χ1) is 36.8. The van der Waals surface area contributed by atoms with Crippen molar-refractivity contribution in [1.82, 2.24) is 40.3 Å². The number of carbonyl (C=O) groups is 5. The lowest BCUT2D eigenvalue weighted by molar-refractivity contribution is -0.144. The van der Waals surface area contributed by atoms with Gasteiger partial charge in [0.2, 0.25) is 35.5 Å². The molecule has 0 unspecified atom stereocenters. The highest BCUT2D eigenvalue weighted by Crippen LogP contribution is 2.42. The van der Waals surface area contributed by atoms with E-state index in [0.717, 1.165) is 21.7 Å². The number of phenolic OH excluding ortho intramolecular Hbond substituents is 1. The minimum atomic E-state index is -0.911. The fourth-order valence-corrected chi connectivity index (χ4v) is 10.8. The molecule has 3 atom stereocenters. The molecule has 2 fully saturated rings. The van der Waals surface area contributed by atoms with Crippen LogP contribution in [0, 0.1) is 18.2 Å². The van der Waals surface area contributed by atoms with Crippen molar-refractivity contribution in [2.45, 2.75) is 78.4 Å². The van der Waals surface area contributed by atoms with Crippen LogP contribution in [0.25, 0.3) is 43.2 Å². The third-order valence-electron chi connectivity index (χ3n) is 13.9. The number of fused-ring (bicyclic) bond motifs is 2. The van der Waals surface area contributed by atoms with Crippen LogP contribution in [-0.4, -0.2) is 143 Å². The molecule has 17 nitrogen and oxygen atoms in total. The summed E-state index contributed by atoms with van der Waals surface area (Å²) in [5.74, 6) is -1.61. The Hall–Kier alpha value is -7.22. The zero-order valence-electron chi connectivity index (χ0n) is 44.5. The maximum atomic E-state index is 17.0. The zero-order chi connectivity index (χ0) is 55.1. The van der Waals surface area contributed by atoms with E-state index in [1.165, 1.54) is 17.0 Å². The summed E-state index contributed by atoms with van der Waals surface area (Å²) in [6, 6.07) is 18.1. The first kappa shape index (κ1) is 56.0. The fourth-order valence-electron chi connectivity index (χ4n) is 9.71. The van der Waals surface area contributed by atoms with Crippen molar-refractivity contribution in [3.63, 3.8) is 0 Å². The van der Waals surface area contributed by atoms with Gasteiger partial charge in [-0.15, -0.1) is 11.3 Å². The van der Waals surface area contributed by atoms with Crippen molar-refractivity contribution in [3.05, 3.63) is 106 Å². The van der Waals surface area contributed by atoms with Gasteiger partial charge in [-0.25, -0.2) is 14.4 Å². The number of carbonyl (C=O) groups excluding carboxylic acids is 5. The second-order valence-electron chi connectivity index (χ2n) is 20.7. The summed E-state index contributed by atoms with van der Waals surface area (Å²) in [6.45, 7) is 11.3. The normalized spacial score (nSPS) is 15.8. The Labute approximate surface area is 456 Å². The molecule has 4 heterocycles. The summed E-state index contributed by atoms with van der Waals surface area (Å²) in [5.41, 5.74) is 4.58. The molecular weight excluding hydrogens is 1020 g/mol. The van der Waals surface area contributed by atoms with E-state index in [4.69, 9.17) is 21.3 Å². The van der Waals surface area contributed by atoms with Crippen molar-refractivity contribution >= 4 is 85.9 Å². The standard InChI is InChI=1S/C57H66ClFN10O7S/c1-34(36-17-19-37(20-18-36)51-35(2)61-33-77-51)62-54(74)44-15-12-23-69(44)55(75)52(57(3,4)5)63-45(71)32-76-28-11-10-16-47(73)67-24-26-68(27-25-67)53-42-31-43(58)48(41-30-39(70)29-38-13-8-9-14-40(38)41)49(59)50(42)64-56(65-53)60-22-21-46(72)66(6)7/h8-10,13-14,16-20,29-31,33-34,44,52,70H,11-12,15,21-28,32H2,1-7H3,(H,62,74)(H,63,71)(H,60,64,65)/b16-10+/t34-,44-,52+/m0/s1. The predicted molar refractivity (Wildman–Crippen MR) is 299 cm³/mol. The molecule has 0 saturated carbocycles. The van der Waals surface area contributed by atoms with Gasteiger partial charge in [0.1, 0.15) is 35.8 Å². The summed E-state index contributed by atoms with van der Waals surface area (Å²) in [5, 5.41) is 21.5. The Bertz CT molecular complexity index is 3190. The molecule has 2 aliphatic rings. The van der Waals surface area contributed by atoms with Crippen molar-refractivity contribution in [2.24, 2.45) is 5.41 Å².